The van der Waals surface area contributed by atoms with Crippen LogP contribution in [0.15, 0.2) is 18.2 Å². The SMILES string of the molecule is COc1ccc(F)cc1[C@@H](C)NC(=O)[C@@H]1CC(=O)N(C)C1. The number of nitrogens with one attached hydrogen (secondary N) is 1. The van der Waals surface area contributed by atoms with Crippen LogP contribution in [0.5, 0.6) is 5.75 Å². The van der Waals surface area contributed by atoms with E-state index in [4.69, 9.17) is 4.74 Å². The van der Waals surface area contributed by atoms with Crippen molar-refractivity contribution in [2.75, 3.05) is 20.7 Å². The number of hydrogen-bond acceptors (Lipinski definition) is 3. The highest BCUT2D eigenvalue weighted by molar-refractivity contribution is 5.89. The normalized spacial score (nSPS) is 19.5. The summed E-state index contributed by atoms with van der Waals surface area (Å²) in [6, 6.07) is 3.78. The molecule has 1 heterocycles. The summed E-state index contributed by atoms with van der Waals surface area (Å²) in [6.45, 7) is 2.17. The van der Waals surface area contributed by atoms with Crippen LogP contribution in [0.1, 0.15) is 24.9 Å². The monoisotopic (exact) mass is 294 g/mol. The molecular formula is C15H19FN2O3. The van der Waals surface area contributed by atoms with Gasteiger partial charge in [-0.05, 0) is 25.1 Å². The number of carbonyl (C=O) groups excluding carboxylic acids is 2. The Morgan fingerprint density at radius 3 is 2.81 bits per heavy atom. The Labute approximate surface area is 123 Å². The van der Waals surface area contributed by atoms with Crippen molar-refractivity contribution in [3.05, 3.63) is 29.6 Å². The maximum Gasteiger partial charge on any atom is 0.225 e. The van der Waals surface area contributed by atoms with Crippen molar-refractivity contribution in [2.45, 2.75) is 19.4 Å². The molecule has 1 aromatic carbocycles. The number of carbonyl (C=O) groups is 2. The number of hydrogen-bond donors (Lipinski definition) is 1. The molecule has 0 radical (unpaired) electrons. The third-order valence-electron chi connectivity index (χ3n) is 3.73. The molecule has 0 aromatic heterocycles. The highest BCUT2D eigenvalue weighted by Crippen LogP contribution is 2.26. The molecular weight excluding hydrogens is 275 g/mol. The predicted molar refractivity (Wildman–Crippen MR) is 75.3 cm³/mol. The minimum atomic E-state index is -0.399. The molecule has 2 atom stereocenters. The molecule has 1 aliphatic rings. The summed E-state index contributed by atoms with van der Waals surface area (Å²) in [4.78, 5) is 25.2. The van der Waals surface area contributed by atoms with Gasteiger partial charge in [0, 0.05) is 25.6 Å². The average molecular weight is 294 g/mol. The highest BCUT2D eigenvalue weighted by Gasteiger charge is 2.32. The summed E-state index contributed by atoms with van der Waals surface area (Å²) in [5.74, 6) is -0.464. The minimum Gasteiger partial charge on any atom is -0.496 e. The zero-order valence-electron chi connectivity index (χ0n) is 12.4. The average Bonchev–Trinajstić information content (AvgIpc) is 2.78. The molecule has 1 N–H and O–H groups in total. The molecule has 5 nitrogen and oxygen atoms in total. The van der Waals surface area contributed by atoms with Gasteiger partial charge < -0.3 is 15.0 Å². The van der Waals surface area contributed by atoms with Gasteiger partial charge >= 0.3 is 0 Å². The summed E-state index contributed by atoms with van der Waals surface area (Å²) in [6.07, 6.45) is 0.218. The van der Waals surface area contributed by atoms with Crippen molar-refractivity contribution in [2.24, 2.45) is 5.92 Å². The number of ether oxygens (including phenoxy) is 1. The van der Waals surface area contributed by atoms with Crippen molar-refractivity contribution in [3.63, 3.8) is 0 Å². The zero-order valence-corrected chi connectivity index (χ0v) is 12.4. The Bertz CT molecular complexity index is 562. The Balaban J connectivity index is 2.08. The van der Waals surface area contributed by atoms with Gasteiger partial charge in [0.05, 0.1) is 19.1 Å². The number of amides is 2. The molecule has 1 fully saturated rings. The Morgan fingerprint density at radius 2 is 2.24 bits per heavy atom. The van der Waals surface area contributed by atoms with Gasteiger partial charge in [-0.2, -0.15) is 0 Å². The van der Waals surface area contributed by atoms with Gasteiger partial charge in [-0.15, -0.1) is 0 Å². The van der Waals surface area contributed by atoms with Crippen LogP contribution in [0.3, 0.4) is 0 Å². The van der Waals surface area contributed by atoms with E-state index in [9.17, 15) is 14.0 Å². The van der Waals surface area contributed by atoms with E-state index in [-0.39, 0.29) is 30.0 Å². The fourth-order valence-electron chi connectivity index (χ4n) is 2.49. The van der Waals surface area contributed by atoms with Crippen LogP contribution in [0.4, 0.5) is 4.39 Å². The van der Waals surface area contributed by atoms with Crippen LogP contribution in [-0.4, -0.2) is 37.4 Å². The Hall–Kier alpha value is -2.11. The third kappa shape index (κ3) is 3.32. The standard InChI is InChI=1S/C15H19FN2O3/c1-9(12-7-11(16)4-5-13(12)21-3)17-15(20)10-6-14(19)18(2)8-10/h4-5,7,9-10H,6,8H2,1-3H3,(H,17,20)/t9-,10-/m1/s1. The molecule has 0 bridgehead atoms. The van der Waals surface area contributed by atoms with Gasteiger partial charge in [0.15, 0.2) is 0 Å². The third-order valence-corrected chi connectivity index (χ3v) is 3.73. The molecule has 1 aliphatic heterocycles. The maximum absolute atomic E-state index is 13.4. The molecule has 2 rings (SSSR count). The van der Waals surface area contributed by atoms with E-state index < -0.39 is 6.04 Å². The minimum absolute atomic E-state index is 0.0360. The summed E-state index contributed by atoms with van der Waals surface area (Å²) in [5.41, 5.74) is 0.573. The maximum atomic E-state index is 13.4. The lowest BCUT2D eigenvalue weighted by atomic mass is 10.0. The number of methoxy groups -OCH3 is 1. The summed E-state index contributed by atoms with van der Waals surface area (Å²) >= 11 is 0. The highest BCUT2D eigenvalue weighted by atomic mass is 19.1. The van der Waals surface area contributed by atoms with Crippen LogP contribution in [0.25, 0.3) is 0 Å². The first-order valence-electron chi connectivity index (χ1n) is 6.80. The summed E-state index contributed by atoms with van der Waals surface area (Å²) in [7, 11) is 3.17. The fourth-order valence-corrected chi connectivity index (χ4v) is 2.49. The van der Waals surface area contributed by atoms with Gasteiger partial charge in [-0.3, -0.25) is 9.59 Å². The first-order chi connectivity index (χ1) is 9.92. The molecule has 0 aliphatic carbocycles. The number of nitrogens with zero attached hydrogens (tertiary/aromatic N) is 1. The Kier molecular flexibility index (Phi) is 4.45. The molecule has 114 valence electrons. The first-order valence-corrected chi connectivity index (χ1v) is 6.80. The molecule has 0 saturated carbocycles. The molecule has 1 saturated heterocycles. The van der Waals surface area contributed by atoms with Gasteiger partial charge in [-0.1, -0.05) is 0 Å². The van der Waals surface area contributed by atoms with E-state index in [2.05, 4.69) is 5.32 Å². The van der Waals surface area contributed by atoms with Crippen molar-refractivity contribution < 1.29 is 18.7 Å². The topological polar surface area (TPSA) is 58.6 Å². The van der Waals surface area contributed by atoms with Crippen LogP contribution < -0.4 is 10.1 Å². The van der Waals surface area contributed by atoms with Crippen molar-refractivity contribution in [1.82, 2.24) is 10.2 Å². The lowest BCUT2D eigenvalue weighted by Crippen LogP contribution is -2.34. The van der Waals surface area contributed by atoms with Gasteiger partial charge in [-0.25, -0.2) is 4.39 Å². The van der Waals surface area contributed by atoms with E-state index in [1.807, 2.05) is 0 Å². The quantitative estimate of drug-likeness (QED) is 0.915. The number of likely N-dealkylation sites (tertiary alicyclic amines) is 1. The molecule has 6 heteroatoms. The zero-order chi connectivity index (χ0) is 15.6. The molecule has 0 spiro atoms. The second-order valence-electron chi connectivity index (χ2n) is 5.29. The number of rotatable bonds is 4. The van der Waals surface area contributed by atoms with E-state index in [0.29, 0.717) is 17.9 Å². The lowest BCUT2D eigenvalue weighted by molar-refractivity contribution is -0.128. The van der Waals surface area contributed by atoms with Crippen molar-refractivity contribution in [1.29, 1.82) is 0 Å². The number of halogens is 1. The summed E-state index contributed by atoms with van der Waals surface area (Å²) < 4.78 is 18.5. The molecule has 0 unspecified atom stereocenters. The number of benzene rings is 1. The van der Waals surface area contributed by atoms with E-state index in [1.165, 1.54) is 30.2 Å². The fraction of sp³-hybridized carbons (Fsp3) is 0.467. The molecule has 21 heavy (non-hydrogen) atoms. The Morgan fingerprint density at radius 1 is 1.52 bits per heavy atom. The van der Waals surface area contributed by atoms with Gasteiger partial charge in [0.1, 0.15) is 11.6 Å². The smallest absolute Gasteiger partial charge is 0.225 e. The van der Waals surface area contributed by atoms with E-state index >= 15 is 0 Å². The second kappa shape index (κ2) is 6.11. The van der Waals surface area contributed by atoms with Crippen LogP contribution in [0, 0.1) is 11.7 Å². The first kappa shape index (κ1) is 15.3. The van der Waals surface area contributed by atoms with Crippen LogP contribution in [0.2, 0.25) is 0 Å². The van der Waals surface area contributed by atoms with Crippen LogP contribution >= 0.6 is 0 Å². The van der Waals surface area contributed by atoms with Crippen molar-refractivity contribution in [3.8, 4) is 5.75 Å². The van der Waals surface area contributed by atoms with Crippen LogP contribution in [-0.2, 0) is 9.59 Å². The largest absolute Gasteiger partial charge is 0.496 e. The van der Waals surface area contributed by atoms with Gasteiger partial charge in [0.2, 0.25) is 11.8 Å². The molecule has 1 aromatic rings. The predicted octanol–water partition coefficient (Wildman–Crippen LogP) is 1.49. The van der Waals surface area contributed by atoms with E-state index in [1.54, 1.807) is 14.0 Å². The molecule has 2 amide bonds. The summed E-state index contributed by atoms with van der Waals surface area (Å²) in [5, 5.41) is 2.82. The van der Waals surface area contributed by atoms with E-state index in [0.717, 1.165) is 0 Å². The van der Waals surface area contributed by atoms with Gasteiger partial charge in [0.25, 0.3) is 0 Å². The second-order valence-corrected chi connectivity index (χ2v) is 5.29. The lowest BCUT2D eigenvalue weighted by Gasteiger charge is -2.19. The van der Waals surface area contributed by atoms with Crippen molar-refractivity contribution >= 4 is 11.8 Å².